The van der Waals surface area contributed by atoms with Gasteiger partial charge in [-0.15, -0.1) is 0 Å². The zero-order valence-electron chi connectivity index (χ0n) is 5.56. The summed E-state index contributed by atoms with van der Waals surface area (Å²) >= 11 is 0. The highest BCUT2D eigenvalue weighted by molar-refractivity contribution is 5.10. The Kier molecular flexibility index (Phi) is 1.11. The Bertz CT molecular complexity index is 158. The fourth-order valence-electron chi connectivity index (χ4n) is 2.04. The Morgan fingerprint density at radius 2 is 2.00 bits per heavy atom. The molecule has 0 saturated heterocycles. The minimum Gasteiger partial charge on any atom is -0.393 e. The molecular formula is C7H10F2O. The molecule has 3 heteroatoms. The average Bonchev–Trinajstić information content (AvgIpc) is 2.38. The van der Waals surface area contributed by atoms with Gasteiger partial charge in [0.15, 0.2) is 0 Å². The van der Waals surface area contributed by atoms with E-state index in [1.807, 2.05) is 0 Å². The molecule has 0 radical (unpaired) electrons. The highest BCUT2D eigenvalue weighted by Gasteiger charge is 2.71. The van der Waals surface area contributed by atoms with Crippen molar-refractivity contribution in [2.24, 2.45) is 11.8 Å². The summed E-state index contributed by atoms with van der Waals surface area (Å²) in [5.74, 6) is -3.71. The van der Waals surface area contributed by atoms with E-state index in [4.69, 9.17) is 5.11 Å². The molecule has 0 aliphatic heterocycles. The van der Waals surface area contributed by atoms with Crippen LogP contribution in [0.1, 0.15) is 19.3 Å². The summed E-state index contributed by atoms with van der Waals surface area (Å²) < 4.78 is 25.2. The number of rotatable bonds is 0. The quantitative estimate of drug-likeness (QED) is 0.550. The number of alkyl halides is 2. The van der Waals surface area contributed by atoms with Gasteiger partial charge in [0.05, 0.1) is 12.0 Å². The fourth-order valence-corrected chi connectivity index (χ4v) is 2.04. The van der Waals surface area contributed by atoms with Gasteiger partial charge in [0.1, 0.15) is 0 Å². The Morgan fingerprint density at radius 3 is 2.50 bits per heavy atom. The van der Waals surface area contributed by atoms with Gasteiger partial charge in [-0.3, -0.25) is 0 Å². The lowest BCUT2D eigenvalue weighted by atomic mass is 9.98. The molecule has 0 bridgehead atoms. The van der Waals surface area contributed by atoms with E-state index in [1.54, 1.807) is 0 Å². The van der Waals surface area contributed by atoms with Crippen molar-refractivity contribution < 1.29 is 13.9 Å². The Labute approximate surface area is 58.0 Å². The first kappa shape index (κ1) is 6.53. The Morgan fingerprint density at radius 1 is 1.30 bits per heavy atom. The second kappa shape index (κ2) is 1.70. The first-order valence-corrected chi connectivity index (χ1v) is 3.70. The van der Waals surface area contributed by atoms with Crippen LogP contribution in [0, 0.1) is 11.8 Å². The predicted octanol–water partition coefficient (Wildman–Crippen LogP) is 1.41. The molecule has 3 atom stereocenters. The van der Waals surface area contributed by atoms with Crippen LogP contribution < -0.4 is 0 Å². The first-order chi connectivity index (χ1) is 4.64. The van der Waals surface area contributed by atoms with E-state index in [1.165, 1.54) is 0 Å². The monoisotopic (exact) mass is 148 g/mol. The van der Waals surface area contributed by atoms with Crippen molar-refractivity contribution in [1.29, 1.82) is 0 Å². The van der Waals surface area contributed by atoms with Crippen LogP contribution in [0.3, 0.4) is 0 Å². The molecule has 0 aromatic rings. The molecule has 1 N–H and O–H groups in total. The molecule has 3 unspecified atom stereocenters. The van der Waals surface area contributed by atoms with Gasteiger partial charge in [0.25, 0.3) is 5.92 Å². The number of aliphatic hydroxyl groups excluding tert-OH is 1. The minimum atomic E-state index is -2.53. The Balaban J connectivity index is 2.11. The molecular weight excluding hydrogens is 138 g/mol. The second-order valence-corrected chi connectivity index (χ2v) is 3.31. The molecule has 0 spiro atoms. The van der Waals surface area contributed by atoms with Crippen LogP contribution in [0.2, 0.25) is 0 Å². The summed E-state index contributed by atoms with van der Waals surface area (Å²) in [4.78, 5) is 0. The number of hydrogen-bond acceptors (Lipinski definition) is 1. The third-order valence-corrected chi connectivity index (χ3v) is 2.69. The molecule has 2 rings (SSSR count). The number of hydrogen-bond donors (Lipinski definition) is 1. The highest BCUT2D eigenvalue weighted by Crippen LogP contribution is 2.62. The van der Waals surface area contributed by atoms with Gasteiger partial charge < -0.3 is 5.11 Å². The van der Waals surface area contributed by atoms with Gasteiger partial charge in [-0.05, 0) is 12.8 Å². The molecule has 0 aromatic heterocycles. The van der Waals surface area contributed by atoms with E-state index in [0.29, 0.717) is 12.8 Å². The van der Waals surface area contributed by atoms with Gasteiger partial charge in [0.2, 0.25) is 0 Å². The molecule has 2 saturated carbocycles. The van der Waals surface area contributed by atoms with Crippen molar-refractivity contribution in [3.05, 3.63) is 0 Å². The van der Waals surface area contributed by atoms with Crippen LogP contribution in [-0.2, 0) is 0 Å². The van der Waals surface area contributed by atoms with Crippen molar-refractivity contribution in [3.63, 3.8) is 0 Å². The predicted molar refractivity (Wildman–Crippen MR) is 31.8 cm³/mol. The lowest BCUT2D eigenvalue weighted by molar-refractivity contribution is 0.0466. The molecule has 0 amide bonds. The summed E-state index contributed by atoms with van der Waals surface area (Å²) in [6.45, 7) is 0. The van der Waals surface area contributed by atoms with E-state index >= 15 is 0 Å². The normalized spacial score (nSPS) is 50.1. The highest BCUT2D eigenvalue weighted by atomic mass is 19.3. The number of aliphatic hydroxyl groups is 1. The molecule has 1 nitrogen and oxygen atoms in total. The summed E-state index contributed by atoms with van der Waals surface area (Å²) in [5.41, 5.74) is 0. The lowest BCUT2D eigenvalue weighted by Gasteiger charge is -2.12. The SMILES string of the molecule is OC1CCCC2C1C2(F)F. The van der Waals surface area contributed by atoms with E-state index in [-0.39, 0.29) is 0 Å². The smallest absolute Gasteiger partial charge is 0.257 e. The molecule has 2 aliphatic rings. The minimum absolute atomic E-state index is 0.490. The molecule has 58 valence electrons. The van der Waals surface area contributed by atoms with Crippen LogP contribution >= 0.6 is 0 Å². The molecule has 0 heterocycles. The number of fused-ring (bicyclic) bond motifs is 1. The van der Waals surface area contributed by atoms with Crippen LogP contribution in [0.5, 0.6) is 0 Å². The fraction of sp³-hybridized carbons (Fsp3) is 1.00. The van der Waals surface area contributed by atoms with E-state index in [0.717, 1.165) is 6.42 Å². The van der Waals surface area contributed by atoms with E-state index in [9.17, 15) is 8.78 Å². The zero-order chi connectivity index (χ0) is 7.35. The summed E-state index contributed by atoms with van der Waals surface area (Å²) in [5, 5.41) is 9.07. The van der Waals surface area contributed by atoms with Crippen molar-refractivity contribution in [3.8, 4) is 0 Å². The Hall–Kier alpha value is -0.180. The van der Waals surface area contributed by atoms with Crippen molar-refractivity contribution in [2.75, 3.05) is 0 Å². The van der Waals surface area contributed by atoms with Gasteiger partial charge in [-0.25, -0.2) is 8.78 Å². The molecule has 2 fully saturated rings. The lowest BCUT2D eigenvalue weighted by Crippen LogP contribution is -2.16. The van der Waals surface area contributed by atoms with Gasteiger partial charge in [-0.1, -0.05) is 6.42 Å². The van der Waals surface area contributed by atoms with Crippen LogP contribution in [-0.4, -0.2) is 17.1 Å². The van der Waals surface area contributed by atoms with E-state index < -0.39 is 23.9 Å². The largest absolute Gasteiger partial charge is 0.393 e. The first-order valence-electron chi connectivity index (χ1n) is 3.70. The molecule has 2 aliphatic carbocycles. The maximum absolute atomic E-state index is 12.6. The maximum Gasteiger partial charge on any atom is 0.257 e. The number of halogens is 2. The summed E-state index contributed by atoms with van der Waals surface area (Å²) in [6.07, 6.45) is 1.21. The van der Waals surface area contributed by atoms with Crippen molar-refractivity contribution in [1.82, 2.24) is 0 Å². The average molecular weight is 148 g/mol. The summed E-state index contributed by atoms with van der Waals surface area (Å²) in [7, 11) is 0. The zero-order valence-corrected chi connectivity index (χ0v) is 5.56. The van der Waals surface area contributed by atoms with Gasteiger partial charge >= 0.3 is 0 Å². The van der Waals surface area contributed by atoms with Crippen molar-refractivity contribution >= 4 is 0 Å². The maximum atomic E-state index is 12.6. The van der Waals surface area contributed by atoms with Crippen molar-refractivity contribution in [2.45, 2.75) is 31.3 Å². The van der Waals surface area contributed by atoms with E-state index in [2.05, 4.69) is 0 Å². The standard InChI is InChI=1S/C7H10F2O/c8-7(9)4-2-1-3-5(10)6(4)7/h4-6,10H,1-3H2. The summed E-state index contributed by atoms with van der Waals surface area (Å²) in [6, 6.07) is 0. The third-order valence-electron chi connectivity index (χ3n) is 2.69. The van der Waals surface area contributed by atoms with Crippen LogP contribution in [0.15, 0.2) is 0 Å². The second-order valence-electron chi connectivity index (χ2n) is 3.31. The molecule has 0 aromatic carbocycles. The van der Waals surface area contributed by atoms with Crippen LogP contribution in [0.4, 0.5) is 8.78 Å². The van der Waals surface area contributed by atoms with Gasteiger partial charge in [-0.2, -0.15) is 0 Å². The third kappa shape index (κ3) is 0.641. The van der Waals surface area contributed by atoms with Gasteiger partial charge in [0, 0.05) is 5.92 Å². The van der Waals surface area contributed by atoms with Crippen LogP contribution in [0.25, 0.3) is 0 Å². The topological polar surface area (TPSA) is 20.2 Å². The molecule has 10 heavy (non-hydrogen) atoms.